The minimum atomic E-state index is -0.252. The molecular weight excluding hydrogens is 292 g/mol. The fourth-order valence-electron chi connectivity index (χ4n) is 2.08. The summed E-state index contributed by atoms with van der Waals surface area (Å²) >= 11 is 0. The summed E-state index contributed by atoms with van der Waals surface area (Å²) in [5, 5.41) is 6.62. The SMILES string of the molecule is CN(C)c1cccc(C(=O)Nc2cc(-c3ccccn3)no2)c1. The number of aromatic nitrogens is 2. The van der Waals surface area contributed by atoms with Crippen LogP contribution >= 0.6 is 0 Å². The van der Waals surface area contributed by atoms with E-state index in [1.165, 1.54) is 0 Å². The summed E-state index contributed by atoms with van der Waals surface area (Å²) in [6, 6.07) is 14.5. The maximum absolute atomic E-state index is 12.3. The summed E-state index contributed by atoms with van der Waals surface area (Å²) in [6.45, 7) is 0. The first-order valence-electron chi connectivity index (χ1n) is 7.10. The summed E-state index contributed by atoms with van der Waals surface area (Å²) in [5.74, 6) is 0.0309. The van der Waals surface area contributed by atoms with Gasteiger partial charge in [0.15, 0.2) is 0 Å². The molecule has 1 aromatic carbocycles. The van der Waals surface area contributed by atoms with Crippen LogP contribution in [0, 0.1) is 0 Å². The van der Waals surface area contributed by atoms with Gasteiger partial charge in [0.25, 0.3) is 5.91 Å². The molecule has 0 spiro atoms. The molecule has 0 saturated heterocycles. The number of hydrogen-bond donors (Lipinski definition) is 1. The minimum absolute atomic E-state index is 0.252. The zero-order chi connectivity index (χ0) is 16.2. The van der Waals surface area contributed by atoms with Crippen LogP contribution in [0.5, 0.6) is 0 Å². The lowest BCUT2D eigenvalue weighted by molar-refractivity contribution is 0.102. The van der Waals surface area contributed by atoms with Crippen molar-refractivity contribution in [3.05, 3.63) is 60.3 Å². The number of carbonyl (C=O) groups excluding carboxylic acids is 1. The van der Waals surface area contributed by atoms with Crippen molar-refractivity contribution in [2.75, 3.05) is 24.3 Å². The quantitative estimate of drug-likeness (QED) is 0.802. The van der Waals surface area contributed by atoms with Crippen LogP contribution in [0.15, 0.2) is 59.3 Å². The lowest BCUT2D eigenvalue weighted by Gasteiger charge is -2.13. The van der Waals surface area contributed by atoms with E-state index in [4.69, 9.17) is 4.52 Å². The van der Waals surface area contributed by atoms with Crippen molar-refractivity contribution in [3.63, 3.8) is 0 Å². The molecule has 0 bridgehead atoms. The number of benzene rings is 1. The van der Waals surface area contributed by atoms with Crippen molar-refractivity contribution in [1.82, 2.24) is 10.1 Å². The molecule has 116 valence electrons. The fraction of sp³-hybridized carbons (Fsp3) is 0.118. The van der Waals surface area contributed by atoms with Gasteiger partial charge >= 0.3 is 0 Å². The third-order valence-electron chi connectivity index (χ3n) is 3.30. The summed E-state index contributed by atoms with van der Waals surface area (Å²) in [6.07, 6.45) is 1.68. The predicted molar refractivity (Wildman–Crippen MR) is 88.5 cm³/mol. The van der Waals surface area contributed by atoms with E-state index in [1.54, 1.807) is 18.3 Å². The van der Waals surface area contributed by atoms with Gasteiger partial charge in [-0.05, 0) is 30.3 Å². The van der Waals surface area contributed by atoms with E-state index in [-0.39, 0.29) is 11.8 Å². The molecule has 2 heterocycles. The van der Waals surface area contributed by atoms with Crippen LogP contribution < -0.4 is 10.2 Å². The molecule has 3 rings (SSSR count). The third kappa shape index (κ3) is 3.37. The molecule has 1 N–H and O–H groups in total. The van der Waals surface area contributed by atoms with Gasteiger partial charge in [-0.25, -0.2) is 0 Å². The van der Waals surface area contributed by atoms with Crippen molar-refractivity contribution in [1.29, 1.82) is 0 Å². The van der Waals surface area contributed by atoms with Crippen LogP contribution in [0.2, 0.25) is 0 Å². The van der Waals surface area contributed by atoms with Gasteiger partial charge in [0.2, 0.25) is 5.88 Å². The molecular formula is C17H16N4O2. The van der Waals surface area contributed by atoms with Crippen LogP contribution in [0.1, 0.15) is 10.4 Å². The van der Waals surface area contributed by atoms with Gasteiger partial charge in [-0.3, -0.25) is 15.1 Å². The second-order valence-corrected chi connectivity index (χ2v) is 5.19. The van der Waals surface area contributed by atoms with E-state index in [9.17, 15) is 4.79 Å². The van der Waals surface area contributed by atoms with Crippen LogP contribution in [-0.2, 0) is 0 Å². The number of anilines is 2. The predicted octanol–water partition coefficient (Wildman–Crippen LogP) is 3.05. The van der Waals surface area contributed by atoms with Gasteiger partial charge in [0, 0.05) is 37.6 Å². The van der Waals surface area contributed by atoms with Crippen LogP contribution in [0.25, 0.3) is 11.4 Å². The molecule has 3 aromatic rings. The minimum Gasteiger partial charge on any atom is -0.378 e. The molecule has 0 aliphatic heterocycles. The standard InChI is InChI=1S/C17H16N4O2/c1-21(2)13-7-5-6-12(10-13)17(22)19-16-11-15(20-23-16)14-8-3-4-9-18-14/h3-11H,1-2H3,(H,19,22). The summed E-state index contributed by atoms with van der Waals surface area (Å²) in [4.78, 5) is 18.4. The molecule has 0 aliphatic rings. The molecule has 6 heteroatoms. The molecule has 0 radical (unpaired) electrons. The molecule has 0 aliphatic carbocycles. The van der Waals surface area contributed by atoms with E-state index < -0.39 is 0 Å². The Morgan fingerprint density at radius 3 is 2.70 bits per heavy atom. The molecule has 0 atom stereocenters. The van der Waals surface area contributed by atoms with E-state index in [1.807, 2.05) is 55.4 Å². The van der Waals surface area contributed by atoms with Crippen molar-refractivity contribution in [2.24, 2.45) is 0 Å². The molecule has 6 nitrogen and oxygen atoms in total. The van der Waals surface area contributed by atoms with E-state index in [0.29, 0.717) is 17.0 Å². The normalized spacial score (nSPS) is 10.3. The van der Waals surface area contributed by atoms with Crippen LogP contribution in [0.4, 0.5) is 11.6 Å². The van der Waals surface area contributed by atoms with Crippen molar-refractivity contribution < 1.29 is 9.32 Å². The largest absolute Gasteiger partial charge is 0.378 e. The van der Waals surface area contributed by atoms with Gasteiger partial charge in [-0.15, -0.1) is 0 Å². The summed E-state index contributed by atoms with van der Waals surface area (Å²) < 4.78 is 5.16. The Labute approximate surface area is 133 Å². The third-order valence-corrected chi connectivity index (χ3v) is 3.30. The van der Waals surface area contributed by atoms with Gasteiger partial charge in [0.1, 0.15) is 5.69 Å². The number of hydrogen-bond acceptors (Lipinski definition) is 5. The maximum Gasteiger partial charge on any atom is 0.258 e. The number of amides is 1. The first-order chi connectivity index (χ1) is 11.1. The van der Waals surface area contributed by atoms with Crippen LogP contribution in [-0.4, -0.2) is 30.1 Å². The highest BCUT2D eigenvalue weighted by Gasteiger charge is 2.12. The Balaban J connectivity index is 1.76. The Kier molecular flexibility index (Phi) is 4.05. The smallest absolute Gasteiger partial charge is 0.258 e. The number of nitrogens with one attached hydrogen (secondary N) is 1. The highest BCUT2D eigenvalue weighted by atomic mass is 16.5. The van der Waals surface area contributed by atoms with E-state index >= 15 is 0 Å². The number of pyridine rings is 1. The van der Waals surface area contributed by atoms with Crippen LogP contribution in [0.3, 0.4) is 0 Å². The van der Waals surface area contributed by atoms with Crippen molar-refractivity contribution in [2.45, 2.75) is 0 Å². The second-order valence-electron chi connectivity index (χ2n) is 5.19. The maximum atomic E-state index is 12.3. The Morgan fingerprint density at radius 2 is 1.96 bits per heavy atom. The average molecular weight is 308 g/mol. The number of carbonyl (C=O) groups is 1. The number of nitrogens with zero attached hydrogens (tertiary/aromatic N) is 3. The number of rotatable bonds is 4. The molecule has 0 saturated carbocycles. The van der Waals surface area contributed by atoms with E-state index in [0.717, 1.165) is 5.69 Å². The lowest BCUT2D eigenvalue weighted by atomic mass is 10.2. The Hall–Kier alpha value is -3.15. The summed E-state index contributed by atoms with van der Waals surface area (Å²) in [7, 11) is 3.85. The Bertz CT molecular complexity index is 812. The zero-order valence-corrected chi connectivity index (χ0v) is 12.9. The highest BCUT2D eigenvalue weighted by Crippen LogP contribution is 2.20. The van der Waals surface area contributed by atoms with Gasteiger partial charge < -0.3 is 9.42 Å². The first-order valence-corrected chi connectivity index (χ1v) is 7.10. The zero-order valence-electron chi connectivity index (χ0n) is 12.9. The van der Waals surface area contributed by atoms with Gasteiger partial charge in [-0.1, -0.05) is 17.3 Å². The molecule has 0 unspecified atom stereocenters. The molecule has 1 amide bonds. The monoisotopic (exact) mass is 308 g/mol. The molecule has 0 fully saturated rings. The molecule has 2 aromatic heterocycles. The topological polar surface area (TPSA) is 71.3 Å². The lowest BCUT2D eigenvalue weighted by Crippen LogP contribution is -2.13. The second kappa shape index (κ2) is 6.31. The van der Waals surface area contributed by atoms with Crippen molar-refractivity contribution >= 4 is 17.5 Å². The summed E-state index contributed by atoms with van der Waals surface area (Å²) in [5.41, 5.74) is 2.76. The fourth-order valence-corrected chi connectivity index (χ4v) is 2.08. The molecule has 23 heavy (non-hydrogen) atoms. The van der Waals surface area contributed by atoms with Crippen molar-refractivity contribution in [3.8, 4) is 11.4 Å². The Morgan fingerprint density at radius 1 is 1.09 bits per heavy atom. The average Bonchev–Trinajstić information content (AvgIpc) is 3.04. The van der Waals surface area contributed by atoms with E-state index in [2.05, 4.69) is 15.5 Å². The first kappa shape index (κ1) is 14.8. The van der Waals surface area contributed by atoms with Gasteiger partial charge in [-0.2, -0.15) is 0 Å². The highest BCUT2D eigenvalue weighted by molar-refractivity contribution is 6.04. The van der Waals surface area contributed by atoms with Gasteiger partial charge in [0.05, 0.1) is 5.69 Å².